The highest BCUT2D eigenvalue weighted by atomic mass is 15.1. The van der Waals surface area contributed by atoms with Gasteiger partial charge in [0.2, 0.25) is 0 Å². The van der Waals surface area contributed by atoms with Crippen molar-refractivity contribution in [3.05, 3.63) is 65.5 Å². The SMILES string of the molecule is Cc1nc2ccccc2n1Cc1ccc(C#N)cc1. The van der Waals surface area contributed by atoms with Crippen molar-refractivity contribution in [1.82, 2.24) is 9.55 Å². The highest BCUT2D eigenvalue weighted by Crippen LogP contribution is 2.17. The van der Waals surface area contributed by atoms with E-state index >= 15 is 0 Å². The number of nitriles is 1. The monoisotopic (exact) mass is 247 g/mol. The average molecular weight is 247 g/mol. The molecule has 0 aliphatic heterocycles. The third-order valence-electron chi connectivity index (χ3n) is 3.27. The zero-order chi connectivity index (χ0) is 13.2. The maximum Gasteiger partial charge on any atom is 0.107 e. The molecule has 0 radical (unpaired) electrons. The standard InChI is InChI=1S/C16H13N3/c1-12-18-15-4-2-3-5-16(15)19(12)11-14-8-6-13(10-17)7-9-14/h2-9H,11H2,1H3. The van der Waals surface area contributed by atoms with E-state index in [0.29, 0.717) is 5.56 Å². The summed E-state index contributed by atoms with van der Waals surface area (Å²) in [6.45, 7) is 2.79. The van der Waals surface area contributed by atoms with Crippen LogP contribution in [0, 0.1) is 18.3 Å². The lowest BCUT2D eigenvalue weighted by molar-refractivity contribution is 0.786. The van der Waals surface area contributed by atoms with E-state index in [4.69, 9.17) is 5.26 Å². The van der Waals surface area contributed by atoms with Gasteiger partial charge < -0.3 is 4.57 Å². The Morgan fingerprint density at radius 1 is 1.11 bits per heavy atom. The molecule has 0 atom stereocenters. The molecule has 0 saturated heterocycles. The van der Waals surface area contributed by atoms with Crippen LogP contribution in [0.3, 0.4) is 0 Å². The number of rotatable bonds is 2. The first-order chi connectivity index (χ1) is 9.28. The molecule has 0 N–H and O–H groups in total. The van der Waals surface area contributed by atoms with Gasteiger partial charge >= 0.3 is 0 Å². The molecule has 0 aliphatic carbocycles. The molecule has 0 unspecified atom stereocenters. The summed E-state index contributed by atoms with van der Waals surface area (Å²) in [6.07, 6.45) is 0. The Bertz CT molecular complexity index is 761. The summed E-state index contributed by atoms with van der Waals surface area (Å²) < 4.78 is 2.19. The number of hydrogen-bond acceptors (Lipinski definition) is 2. The smallest absolute Gasteiger partial charge is 0.107 e. The van der Waals surface area contributed by atoms with Crippen LogP contribution in [0.2, 0.25) is 0 Å². The van der Waals surface area contributed by atoms with Crippen LogP contribution >= 0.6 is 0 Å². The van der Waals surface area contributed by atoms with Crippen LogP contribution in [0.1, 0.15) is 17.0 Å². The van der Waals surface area contributed by atoms with Crippen molar-refractivity contribution < 1.29 is 0 Å². The van der Waals surface area contributed by atoms with Crippen molar-refractivity contribution in [3.63, 3.8) is 0 Å². The number of aromatic nitrogens is 2. The maximum absolute atomic E-state index is 8.81. The van der Waals surface area contributed by atoms with Crippen molar-refractivity contribution in [2.24, 2.45) is 0 Å². The van der Waals surface area contributed by atoms with Gasteiger partial charge in [-0.2, -0.15) is 5.26 Å². The molecule has 19 heavy (non-hydrogen) atoms. The number of aryl methyl sites for hydroxylation is 1. The Balaban J connectivity index is 2.00. The maximum atomic E-state index is 8.81. The normalized spacial score (nSPS) is 10.5. The molecule has 0 aliphatic rings. The van der Waals surface area contributed by atoms with Gasteiger partial charge in [-0.3, -0.25) is 0 Å². The van der Waals surface area contributed by atoms with Gasteiger partial charge in [0.1, 0.15) is 5.82 Å². The number of imidazole rings is 1. The predicted molar refractivity (Wildman–Crippen MR) is 74.7 cm³/mol. The van der Waals surface area contributed by atoms with Gasteiger partial charge in [0, 0.05) is 6.54 Å². The summed E-state index contributed by atoms with van der Waals surface area (Å²) in [5.41, 5.74) is 4.03. The zero-order valence-electron chi connectivity index (χ0n) is 10.7. The lowest BCUT2D eigenvalue weighted by Crippen LogP contribution is -2.01. The van der Waals surface area contributed by atoms with Gasteiger partial charge in [0.05, 0.1) is 22.7 Å². The first kappa shape index (κ1) is 11.5. The van der Waals surface area contributed by atoms with Crippen LogP contribution in [-0.2, 0) is 6.54 Å². The molecule has 0 fully saturated rings. The minimum absolute atomic E-state index is 0.691. The fourth-order valence-electron chi connectivity index (χ4n) is 2.26. The molecule has 0 bridgehead atoms. The Morgan fingerprint density at radius 2 is 1.84 bits per heavy atom. The lowest BCUT2D eigenvalue weighted by atomic mass is 10.1. The fourth-order valence-corrected chi connectivity index (χ4v) is 2.26. The van der Waals surface area contributed by atoms with Crippen molar-refractivity contribution in [2.75, 3.05) is 0 Å². The van der Waals surface area contributed by atoms with Crippen LogP contribution in [0.15, 0.2) is 48.5 Å². The molecule has 1 heterocycles. The summed E-state index contributed by atoms with van der Waals surface area (Å²) in [5, 5.41) is 8.81. The van der Waals surface area contributed by atoms with Crippen LogP contribution in [0.4, 0.5) is 0 Å². The molecular formula is C16H13N3. The Labute approximate surface area is 111 Å². The van der Waals surface area contributed by atoms with Crippen LogP contribution < -0.4 is 0 Å². The van der Waals surface area contributed by atoms with E-state index in [1.807, 2.05) is 49.4 Å². The first-order valence-electron chi connectivity index (χ1n) is 6.19. The van der Waals surface area contributed by atoms with Gasteiger partial charge in [-0.15, -0.1) is 0 Å². The Morgan fingerprint density at radius 3 is 2.58 bits per heavy atom. The molecule has 3 nitrogen and oxygen atoms in total. The number of para-hydroxylation sites is 2. The summed E-state index contributed by atoms with van der Waals surface area (Å²) in [6, 6.07) is 18.0. The highest BCUT2D eigenvalue weighted by molar-refractivity contribution is 5.75. The van der Waals surface area contributed by atoms with E-state index in [1.54, 1.807) is 0 Å². The predicted octanol–water partition coefficient (Wildman–Crippen LogP) is 3.26. The van der Waals surface area contributed by atoms with Crippen molar-refractivity contribution in [3.8, 4) is 6.07 Å². The van der Waals surface area contributed by atoms with Crippen LogP contribution in [0.25, 0.3) is 11.0 Å². The molecular weight excluding hydrogens is 234 g/mol. The van der Waals surface area contributed by atoms with Crippen molar-refractivity contribution in [2.45, 2.75) is 13.5 Å². The minimum atomic E-state index is 0.691. The van der Waals surface area contributed by atoms with E-state index in [-0.39, 0.29) is 0 Å². The summed E-state index contributed by atoms with van der Waals surface area (Å²) in [4.78, 5) is 4.55. The van der Waals surface area contributed by atoms with Crippen LogP contribution in [-0.4, -0.2) is 9.55 Å². The number of fused-ring (bicyclic) bond motifs is 1. The largest absolute Gasteiger partial charge is 0.324 e. The molecule has 92 valence electrons. The Hall–Kier alpha value is -2.60. The van der Waals surface area contributed by atoms with Gasteiger partial charge in [0.15, 0.2) is 0 Å². The van der Waals surface area contributed by atoms with Crippen molar-refractivity contribution in [1.29, 1.82) is 5.26 Å². The molecule has 0 amide bonds. The first-order valence-corrected chi connectivity index (χ1v) is 6.19. The summed E-state index contributed by atoms with van der Waals surface area (Å²) >= 11 is 0. The number of nitrogens with zero attached hydrogens (tertiary/aromatic N) is 3. The molecule has 2 aromatic carbocycles. The molecule has 0 saturated carbocycles. The van der Waals surface area contributed by atoms with Gasteiger partial charge in [-0.1, -0.05) is 24.3 Å². The summed E-state index contributed by atoms with van der Waals surface area (Å²) in [7, 11) is 0. The third kappa shape index (κ3) is 2.09. The van der Waals surface area contributed by atoms with Gasteiger partial charge in [-0.25, -0.2) is 4.98 Å². The zero-order valence-corrected chi connectivity index (χ0v) is 10.7. The second-order valence-corrected chi connectivity index (χ2v) is 4.54. The lowest BCUT2D eigenvalue weighted by Gasteiger charge is -2.07. The fraction of sp³-hybridized carbons (Fsp3) is 0.125. The minimum Gasteiger partial charge on any atom is -0.324 e. The quantitative estimate of drug-likeness (QED) is 0.697. The average Bonchev–Trinajstić information content (AvgIpc) is 2.76. The summed E-state index contributed by atoms with van der Waals surface area (Å²) in [5.74, 6) is 1.01. The Kier molecular flexibility index (Phi) is 2.77. The molecule has 3 aromatic rings. The highest BCUT2D eigenvalue weighted by Gasteiger charge is 2.06. The van der Waals surface area contributed by atoms with Crippen molar-refractivity contribution >= 4 is 11.0 Å². The molecule has 3 rings (SSSR count). The topological polar surface area (TPSA) is 41.6 Å². The molecule has 3 heteroatoms. The third-order valence-corrected chi connectivity index (χ3v) is 3.27. The van der Waals surface area contributed by atoms with Gasteiger partial charge in [-0.05, 0) is 36.8 Å². The van der Waals surface area contributed by atoms with E-state index < -0.39 is 0 Å². The molecule has 0 spiro atoms. The van der Waals surface area contributed by atoms with Gasteiger partial charge in [0.25, 0.3) is 0 Å². The second kappa shape index (κ2) is 4.58. The number of hydrogen-bond donors (Lipinski definition) is 0. The van der Waals surface area contributed by atoms with E-state index in [1.165, 1.54) is 5.56 Å². The van der Waals surface area contributed by atoms with E-state index in [2.05, 4.69) is 21.7 Å². The van der Waals surface area contributed by atoms with E-state index in [9.17, 15) is 0 Å². The number of benzene rings is 2. The van der Waals surface area contributed by atoms with Crippen LogP contribution in [0.5, 0.6) is 0 Å². The molecule has 1 aromatic heterocycles. The second-order valence-electron chi connectivity index (χ2n) is 4.54. The van der Waals surface area contributed by atoms with E-state index in [0.717, 1.165) is 23.4 Å².